The van der Waals surface area contributed by atoms with Crippen LogP contribution in [0.3, 0.4) is 0 Å². The van der Waals surface area contributed by atoms with Gasteiger partial charge in [-0.2, -0.15) is 4.98 Å². The van der Waals surface area contributed by atoms with Crippen molar-refractivity contribution in [3.63, 3.8) is 0 Å². The summed E-state index contributed by atoms with van der Waals surface area (Å²) in [6.45, 7) is 5.45. The van der Waals surface area contributed by atoms with Crippen LogP contribution >= 0.6 is 0 Å². The third-order valence-electron chi connectivity index (χ3n) is 2.62. The van der Waals surface area contributed by atoms with Gasteiger partial charge in [0.25, 0.3) is 0 Å². The average molecular weight is 222 g/mol. The Morgan fingerprint density at radius 2 is 2.19 bits per heavy atom. The summed E-state index contributed by atoms with van der Waals surface area (Å²) in [5, 5.41) is 3.32. The highest BCUT2D eigenvalue weighted by molar-refractivity contribution is 5.19. The van der Waals surface area contributed by atoms with E-state index < -0.39 is 0 Å². The second-order valence-corrected chi connectivity index (χ2v) is 3.92. The Morgan fingerprint density at radius 3 is 2.88 bits per heavy atom. The number of hydrogen-bond acceptors (Lipinski definition) is 4. The third-order valence-corrected chi connectivity index (χ3v) is 2.62. The van der Waals surface area contributed by atoms with E-state index in [1.165, 1.54) is 6.42 Å². The Hall–Kier alpha value is -1.29. The molecule has 4 heteroatoms. The molecule has 16 heavy (non-hydrogen) atoms. The fraction of sp³-hybridized carbons (Fsp3) is 0.583. The highest BCUT2D eigenvalue weighted by Gasteiger charge is 2.15. The first kappa shape index (κ1) is 11.2. The summed E-state index contributed by atoms with van der Waals surface area (Å²) >= 11 is 0. The molecule has 1 aromatic heterocycles. The number of rotatable bonds is 5. The van der Waals surface area contributed by atoms with Gasteiger partial charge in [-0.3, -0.25) is 0 Å². The highest BCUT2D eigenvalue weighted by Crippen LogP contribution is 2.15. The van der Waals surface area contributed by atoms with Crippen molar-refractivity contribution >= 4 is 0 Å². The van der Waals surface area contributed by atoms with Gasteiger partial charge >= 0.3 is 0 Å². The molecule has 0 aliphatic carbocycles. The molecule has 0 spiro atoms. The molecule has 0 aromatic carbocycles. The Labute approximate surface area is 96.0 Å². The molecule has 1 saturated heterocycles. The van der Waals surface area contributed by atoms with Gasteiger partial charge in [0.1, 0.15) is 0 Å². The van der Waals surface area contributed by atoms with E-state index in [9.17, 15) is 0 Å². The zero-order valence-electron chi connectivity index (χ0n) is 9.61. The zero-order valence-corrected chi connectivity index (χ0v) is 9.61. The molecule has 1 aromatic rings. The molecular formula is C12H18N2O2. The first-order chi connectivity index (χ1) is 7.88. The van der Waals surface area contributed by atoms with Crippen molar-refractivity contribution in [1.82, 2.24) is 10.3 Å². The fourth-order valence-corrected chi connectivity index (χ4v) is 1.76. The summed E-state index contributed by atoms with van der Waals surface area (Å²) in [6.07, 6.45) is 1.19. The van der Waals surface area contributed by atoms with Gasteiger partial charge < -0.3 is 14.8 Å². The van der Waals surface area contributed by atoms with E-state index in [0.717, 1.165) is 19.7 Å². The van der Waals surface area contributed by atoms with E-state index in [1.54, 1.807) is 0 Å². The van der Waals surface area contributed by atoms with E-state index >= 15 is 0 Å². The van der Waals surface area contributed by atoms with E-state index in [0.29, 0.717) is 24.3 Å². The molecule has 1 fully saturated rings. The molecule has 2 heterocycles. The van der Waals surface area contributed by atoms with Gasteiger partial charge in [-0.25, -0.2) is 0 Å². The fourth-order valence-electron chi connectivity index (χ4n) is 1.76. The Kier molecular flexibility index (Phi) is 3.99. The minimum absolute atomic E-state index is 0.609. The molecule has 0 bridgehead atoms. The molecule has 1 unspecified atom stereocenters. The number of ether oxygens (including phenoxy) is 2. The van der Waals surface area contributed by atoms with Crippen LogP contribution < -0.4 is 14.8 Å². The summed E-state index contributed by atoms with van der Waals surface area (Å²) in [6, 6.07) is 5.61. The van der Waals surface area contributed by atoms with E-state index in [1.807, 2.05) is 25.1 Å². The van der Waals surface area contributed by atoms with Crippen LogP contribution in [0.4, 0.5) is 0 Å². The molecule has 4 nitrogen and oxygen atoms in total. The second-order valence-electron chi connectivity index (χ2n) is 3.92. The topological polar surface area (TPSA) is 43.4 Å². The van der Waals surface area contributed by atoms with Crippen molar-refractivity contribution in [3.8, 4) is 11.8 Å². The van der Waals surface area contributed by atoms with E-state index in [-0.39, 0.29) is 0 Å². The molecule has 0 saturated carbocycles. The minimum Gasteiger partial charge on any atom is -0.478 e. The summed E-state index contributed by atoms with van der Waals surface area (Å²) in [4.78, 5) is 4.26. The normalized spacial score (nSPS) is 19.7. The summed E-state index contributed by atoms with van der Waals surface area (Å²) < 4.78 is 11.0. The highest BCUT2D eigenvalue weighted by atomic mass is 16.5. The Bertz CT molecular complexity index is 325. The lowest BCUT2D eigenvalue weighted by Crippen LogP contribution is -2.15. The smallest absolute Gasteiger partial charge is 0.216 e. The summed E-state index contributed by atoms with van der Waals surface area (Å²) in [7, 11) is 0. The molecular weight excluding hydrogens is 204 g/mol. The largest absolute Gasteiger partial charge is 0.478 e. The van der Waals surface area contributed by atoms with Crippen molar-refractivity contribution in [3.05, 3.63) is 18.2 Å². The van der Waals surface area contributed by atoms with Gasteiger partial charge in [-0.05, 0) is 19.9 Å². The van der Waals surface area contributed by atoms with Gasteiger partial charge in [0, 0.05) is 24.6 Å². The van der Waals surface area contributed by atoms with Crippen LogP contribution in [-0.4, -0.2) is 31.3 Å². The SMILES string of the molecule is CCOc1cccc(OCC2CCNC2)n1. The predicted octanol–water partition coefficient (Wildman–Crippen LogP) is 1.47. The standard InChI is InChI=1S/C12H18N2O2/c1-2-15-11-4-3-5-12(14-11)16-9-10-6-7-13-8-10/h3-5,10,13H,2,6-9H2,1H3. The number of nitrogens with one attached hydrogen (secondary N) is 1. The minimum atomic E-state index is 0.609. The lowest BCUT2D eigenvalue weighted by atomic mass is 10.1. The number of pyridine rings is 1. The second kappa shape index (κ2) is 5.70. The van der Waals surface area contributed by atoms with Crippen molar-refractivity contribution < 1.29 is 9.47 Å². The van der Waals surface area contributed by atoms with Crippen LogP contribution in [0.5, 0.6) is 11.8 Å². The molecule has 88 valence electrons. The maximum atomic E-state index is 5.65. The lowest BCUT2D eigenvalue weighted by Gasteiger charge is -2.10. The van der Waals surface area contributed by atoms with Crippen LogP contribution in [-0.2, 0) is 0 Å². The molecule has 1 atom stereocenters. The molecule has 2 rings (SSSR count). The molecule has 0 amide bonds. The zero-order chi connectivity index (χ0) is 11.2. The van der Waals surface area contributed by atoms with Crippen LogP contribution in [0.15, 0.2) is 18.2 Å². The van der Waals surface area contributed by atoms with Gasteiger partial charge in [0.15, 0.2) is 0 Å². The first-order valence-corrected chi connectivity index (χ1v) is 5.82. The Morgan fingerprint density at radius 1 is 1.38 bits per heavy atom. The monoisotopic (exact) mass is 222 g/mol. The number of aromatic nitrogens is 1. The number of hydrogen-bond donors (Lipinski definition) is 1. The average Bonchev–Trinajstić information content (AvgIpc) is 2.80. The van der Waals surface area contributed by atoms with Crippen molar-refractivity contribution in [1.29, 1.82) is 0 Å². The van der Waals surface area contributed by atoms with Crippen molar-refractivity contribution in [2.24, 2.45) is 5.92 Å². The molecule has 1 aliphatic rings. The third kappa shape index (κ3) is 3.10. The molecule has 1 N–H and O–H groups in total. The maximum Gasteiger partial charge on any atom is 0.216 e. The molecule has 0 radical (unpaired) electrons. The van der Waals surface area contributed by atoms with Crippen LogP contribution in [0.25, 0.3) is 0 Å². The number of nitrogens with zero attached hydrogens (tertiary/aromatic N) is 1. The summed E-state index contributed by atoms with van der Waals surface area (Å²) in [5.41, 5.74) is 0. The van der Waals surface area contributed by atoms with Crippen LogP contribution in [0.1, 0.15) is 13.3 Å². The van der Waals surface area contributed by atoms with E-state index in [2.05, 4.69) is 10.3 Å². The van der Waals surface area contributed by atoms with Gasteiger partial charge in [0.05, 0.1) is 13.2 Å². The van der Waals surface area contributed by atoms with E-state index in [4.69, 9.17) is 9.47 Å². The first-order valence-electron chi connectivity index (χ1n) is 5.82. The Balaban J connectivity index is 1.85. The predicted molar refractivity (Wildman–Crippen MR) is 61.9 cm³/mol. The summed E-state index contributed by atoms with van der Waals surface area (Å²) in [5.74, 6) is 1.89. The molecule has 1 aliphatic heterocycles. The quantitative estimate of drug-likeness (QED) is 0.819. The lowest BCUT2D eigenvalue weighted by molar-refractivity contribution is 0.245. The van der Waals surface area contributed by atoms with Crippen LogP contribution in [0, 0.1) is 5.92 Å². The van der Waals surface area contributed by atoms with Crippen molar-refractivity contribution in [2.45, 2.75) is 13.3 Å². The van der Waals surface area contributed by atoms with Gasteiger partial charge in [-0.1, -0.05) is 6.07 Å². The van der Waals surface area contributed by atoms with Gasteiger partial charge in [0.2, 0.25) is 11.8 Å². The maximum absolute atomic E-state index is 5.65. The van der Waals surface area contributed by atoms with Gasteiger partial charge in [-0.15, -0.1) is 0 Å². The van der Waals surface area contributed by atoms with Crippen LogP contribution in [0.2, 0.25) is 0 Å². The van der Waals surface area contributed by atoms with Crippen molar-refractivity contribution in [2.75, 3.05) is 26.3 Å².